The van der Waals surface area contributed by atoms with E-state index in [1.54, 1.807) is 24.3 Å². The average molecular weight is 266 g/mol. The zero-order valence-corrected chi connectivity index (χ0v) is 10.3. The summed E-state index contributed by atoms with van der Waals surface area (Å²) in [6, 6.07) is 6.13. The normalized spacial score (nSPS) is 21.8. The fraction of sp³-hybridized carbons (Fsp3) is 0.333. The Kier molecular flexibility index (Phi) is 3.57. The van der Waals surface area contributed by atoms with E-state index in [0.717, 1.165) is 0 Å². The molecule has 1 heterocycles. The third-order valence-electron chi connectivity index (χ3n) is 2.94. The smallest absolute Gasteiger partial charge is 0.405 e. The fourth-order valence-electron chi connectivity index (χ4n) is 2.01. The summed E-state index contributed by atoms with van der Waals surface area (Å²) in [6.07, 6.45) is -2.06. The molecule has 1 saturated heterocycles. The van der Waals surface area contributed by atoms with Crippen molar-refractivity contribution in [3.05, 3.63) is 24.3 Å². The van der Waals surface area contributed by atoms with Gasteiger partial charge in [0.2, 0.25) is 6.10 Å². The van der Waals surface area contributed by atoms with Crippen LogP contribution in [-0.4, -0.2) is 43.0 Å². The number of aliphatic hydroxyl groups excluding tert-OH is 1. The largest absolute Gasteiger partial charge is 0.497 e. The lowest BCUT2D eigenvalue weighted by atomic mass is 9.97. The monoisotopic (exact) mass is 266 g/mol. The van der Waals surface area contributed by atoms with E-state index in [4.69, 9.17) is 10.5 Å². The summed E-state index contributed by atoms with van der Waals surface area (Å²) in [4.78, 5) is 23.9. The summed E-state index contributed by atoms with van der Waals surface area (Å²) < 4.78 is 9.68. The summed E-state index contributed by atoms with van der Waals surface area (Å²) in [6.45, 7) is -0.324. The molecule has 0 bridgehead atoms. The molecule has 1 aromatic carbocycles. The van der Waals surface area contributed by atoms with Gasteiger partial charge >= 0.3 is 6.09 Å². The number of carbonyl (C=O) groups excluding carboxylic acids is 2. The molecule has 102 valence electrons. The van der Waals surface area contributed by atoms with Crippen molar-refractivity contribution in [3.8, 4) is 5.75 Å². The van der Waals surface area contributed by atoms with Crippen LogP contribution in [0.15, 0.2) is 24.3 Å². The predicted octanol–water partition coefficient (Wildman–Crippen LogP) is -0.133. The van der Waals surface area contributed by atoms with Crippen LogP contribution in [-0.2, 0) is 9.53 Å². The minimum Gasteiger partial charge on any atom is -0.497 e. The average Bonchev–Trinajstić information content (AvgIpc) is 2.42. The van der Waals surface area contributed by atoms with E-state index < -0.39 is 24.1 Å². The Morgan fingerprint density at radius 1 is 1.42 bits per heavy atom. The summed E-state index contributed by atoms with van der Waals surface area (Å²) >= 11 is 0. The molecule has 2 atom stereocenters. The van der Waals surface area contributed by atoms with Gasteiger partial charge in [-0.15, -0.1) is 0 Å². The van der Waals surface area contributed by atoms with Crippen molar-refractivity contribution in [2.45, 2.75) is 12.1 Å². The number of carbonyl (C=O) groups is 2. The van der Waals surface area contributed by atoms with E-state index in [0.29, 0.717) is 11.4 Å². The van der Waals surface area contributed by atoms with Gasteiger partial charge in [-0.1, -0.05) is 0 Å². The third kappa shape index (κ3) is 2.32. The number of anilines is 1. The number of aliphatic hydroxyl groups is 1. The standard InChI is InChI=1S/C12H14N2O5/c1-18-8-4-2-7(3-5-8)14-9(6-15)10(11(14)16)19-12(13)17/h2-5,9-10,15H,6H2,1H3,(H2,13,17). The summed E-state index contributed by atoms with van der Waals surface area (Å²) in [7, 11) is 1.54. The van der Waals surface area contributed by atoms with Crippen molar-refractivity contribution in [2.24, 2.45) is 5.73 Å². The molecule has 0 aromatic heterocycles. The zero-order valence-electron chi connectivity index (χ0n) is 10.3. The lowest BCUT2D eigenvalue weighted by Crippen LogP contribution is -2.68. The maximum Gasteiger partial charge on any atom is 0.405 e. The van der Waals surface area contributed by atoms with E-state index >= 15 is 0 Å². The minimum atomic E-state index is -1.04. The molecule has 7 heteroatoms. The first-order valence-corrected chi connectivity index (χ1v) is 5.62. The molecule has 2 amide bonds. The number of primary amides is 1. The number of benzene rings is 1. The minimum absolute atomic E-state index is 0.324. The molecule has 2 rings (SSSR count). The van der Waals surface area contributed by atoms with Gasteiger partial charge in [-0.2, -0.15) is 0 Å². The van der Waals surface area contributed by atoms with Crippen LogP contribution in [0.1, 0.15) is 0 Å². The second kappa shape index (κ2) is 5.15. The highest BCUT2D eigenvalue weighted by molar-refractivity contribution is 6.05. The van der Waals surface area contributed by atoms with Crippen molar-refractivity contribution < 1.29 is 24.2 Å². The Morgan fingerprint density at radius 2 is 2.05 bits per heavy atom. The van der Waals surface area contributed by atoms with Crippen molar-refractivity contribution in [3.63, 3.8) is 0 Å². The number of ether oxygens (including phenoxy) is 2. The molecule has 2 unspecified atom stereocenters. The third-order valence-corrected chi connectivity index (χ3v) is 2.94. The van der Waals surface area contributed by atoms with Gasteiger partial charge in [0, 0.05) is 5.69 Å². The lowest BCUT2D eigenvalue weighted by molar-refractivity contribution is -0.138. The highest BCUT2D eigenvalue weighted by Crippen LogP contribution is 2.31. The van der Waals surface area contributed by atoms with E-state index in [-0.39, 0.29) is 6.61 Å². The summed E-state index contributed by atoms with van der Waals surface area (Å²) in [5.41, 5.74) is 5.47. The van der Waals surface area contributed by atoms with Crippen LogP contribution in [0.3, 0.4) is 0 Å². The number of hydrogen-bond acceptors (Lipinski definition) is 5. The van der Waals surface area contributed by atoms with Crippen molar-refractivity contribution in [2.75, 3.05) is 18.6 Å². The molecule has 1 aliphatic rings. The van der Waals surface area contributed by atoms with Gasteiger partial charge in [-0.05, 0) is 24.3 Å². The molecule has 1 aromatic rings. The number of methoxy groups -OCH3 is 1. The first kappa shape index (κ1) is 13.2. The van der Waals surface area contributed by atoms with Gasteiger partial charge in [0.25, 0.3) is 5.91 Å². The SMILES string of the molecule is COc1ccc(N2C(=O)C(OC(N)=O)C2CO)cc1. The van der Waals surface area contributed by atoms with Gasteiger partial charge in [-0.25, -0.2) is 4.79 Å². The quantitative estimate of drug-likeness (QED) is 0.739. The fourth-order valence-corrected chi connectivity index (χ4v) is 2.01. The molecular weight excluding hydrogens is 252 g/mol. The molecule has 0 saturated carbocycles. The molecule has 0 radical (unpaired) electrons. The Bertz CT molecular complexity index is 487. The molecule has 1 aliphatic heterocycles. The summed E-state index contributed by atoms with van der Waals surface area (Å²) in [5.74, 6) is 0.241. The van der Waals surface area contributed by atoms with E-state index in [2.05, 4.69) is 4.74 Å². The number of hydrogen-bond donors (Lipinski definition) is 2. The Labute approximate surface area is 109 Å². The predicted molar refractivity (Wildman–Crippen MR) is 65.8 cm³/mol. The molecule has 3 N–H and O–H groups in total. The molecule has 7 nitrogen and oxygen atoms in total. The van der Waals surface area contributed by atoms with Gasteiger partial charge in [0.05, 0.1) is 13.7 Å². The van der Waals surface area contributed by atoms with Crippen molar-refractivity contribution >= 4 is 17.7 Å². The zero-order chi connectivity index (χ0) is 14.0. The topological polar surface area (TPSA) is 102 Å². The number of nitrogens with zero attached hydrogens (tertiary/aromatic N) is 1. The number of β-lactam (4-membered cyclic amide) rings is 1. The first-order chi connectivity index (χ1) is 9.08. The van der Waals surface area contributed by atoms with E-state index in [9.17, 15) is 14.7 Å². The molecule has 19 heavy (non-hydrogen) atoms. The maximum atomic E-state index is 11.9. The first-order valence-electron chi connectivity index (χ1n) is 5.62. The highest BCUT2D eigenvalue weighted by Gasteiger charge is 2.50. The Hall–Kier alpha value is -2.28. The molecule has 0 aliphatic carbocycles. The molecular formula is C12H14N2O5. The van der Waals surface area contributed by atoms with Crippen molar-refractivity contribution in [1.82, 2.24) is 0 Å². The molecule has 1 fully saturated rings. The van der Waals surface area contributed by atoms with E-state index in [1.807, 2.05) is 0 Å². The Balaban J connectivity index is 2.16. The van der Waals surface area contributed by atoms with Gasteiger partial charge in [0.1, 0.15) is 11.8 Å². The van der Waals surface area contributed by atoms with Crippen molar-refractivity contribution in [1.29, 1.82) is 0 Å². The number of amides is 2. The second-order valence-corrected chi connectivity index (χ2v) is 4.01. The number of nitrogens with two attached hydrogens (primary N) is 1. The van der Waals surface area contributed by atoms with Gasteiger partial charge < -0.3 is 20.3 Å². The molecule has 0 spiro atoms. The van der Waals surface area contributed by atoms with E-state index in [1.165, 1.54) is 12.0 Å². The van der Waals surface area contributed by atoms with Crippen LogP contribution in [0.4, 0.5) is 10.5 Å². The maximum absolute atomic E-state index is 11.9. The lowest BCUT2D eigenvalue weighted by Gasteiger charge is -2.44. The Morgan fingerprint density at radius 3 is 2.53 bits per heavy atom. The summed E-state index contributed by atoms with van der Waals surface area (Å²) in [5, 5.41) is 9.27. The van der Waals surface area contributed by atoms with Gasteiger partial charge in [0.15, 0.2) is 0 Å². The van der Waals surface area contributed by atoms with Gasteiger partial charge in [-0.3, -0.25) is 9.69 Å². The highest BCUT2D eigenvalue weighted by atomic mass is 16.6. The second-order valence-electron chi connectivity index (χ2n) is 4.01. The van der Waals surface area contributed by atoms with Crippen LogP contribution in [0, 0.1) is 0 Å². The van der Waals surface area contributed by atoms with Crippen LogP contribution in [0.25, 0.3) is 0 Å². The van der Waals surface area contributed by atoms with Crippen LogP contribution < -0.4 is 15.4 Å². The van der Waals surface area contributed by atoms with Crippen LogP contribution in [0.5, 0.6) is 5.75 Å². The van der Waals surface area contributed by atoms with Crippen LogP contribution >= 0.6 is 0 Å². The van der Waals surface area contributed by atoms with Crippen LogP contribution in [0.2, 0.25) is 0 Å². The number of rotatable bonds is 4.